The summed E-state index contributed by atoms with van der Waals surface area (Å²) in [5.74, 6) is -0.229. The summed E-state index contributed by atoms with van der Waals surface area (Å²) in [6, 6.07) is 5.17. The lowest BCUT2D eigenvalue weighted by molar-refractivity contribution is 0.0246. The Bertz CT molecular complexity index is 483. The number of anilines is 1. The normalized spacial score (nSPS) is 18.3. The number of carbonyl (C=O) groups excluding carboxylic acids is 1. The molecular formula is C15H21BrN2O2. The highest BCUT2D eigenvalue weighted by Gasteiger charge is 2.28. The van der Waals surface area contributed by atoms with Crippen LogP contribution in [0.2, 0.25) is 0 Å². The van der Waals surface area contributed by atoms with Crippen molar-refractivity contribution in [2.45, 2.75) is 44.1 Å². The predicted molar refractivity (Wildman–Crippen MR) is 83.5 cm³/mol. The zero-order chi connectivity index (χ0) is 14.6. The molecule has 110 valence electrons. The molecule has 0 unspecified atom stereocenters. The van der Waals surface area contributed by atoms with E-state index in [1.54, 1.807) is 18.2 Å². The van der Waals surface area contributed by atoms with Gasteiger partial charge in [-0.25, -0.2) is 0 Å². The van der Waals surface area contributed by atoms with Crippen LogP contribution in [0.4, 0.5) is 5.69 Å². The van der Waals surface area contributed by atoms with E-state index < -0.39 is 5.60 Å². The Morgan fingerprint density at radius 2 is 1.95 bits per heavy atom. The van der Waals surface area contributed by atoms with Crippen LogP contribution in [-0.2, 0) is 0 Å². The maximum atomic E-state index is 12.1. The van der Waals surface area contributed by atoms with E-state index in [0.717, 1.165) is 43.0 Å². The van der Waals surface area contributed by atoms with Crippen molar-refractivity contribution in [1.29, 1.82) is 0 Å². The van der Waals surface area contributed by atoms with Gasteiger partial charge in [0.15, 0.2) is 0 Å². The Kier molecular flexibility index (Phi) is 5.05. The van der Waals surface area contributed by atoms with Gasteiger partial charge in [-0.15, -0.1) is 0 Å². The van der Waals surface area contributed by atoms with Gasteiger partial charge < -0.3 is 16.2 Å². The van der Waals surface area contributed by atoms with Gasteiger partial charge in [-0.2, -0.15) is 0 Å². The van der Waals surface area contributed by atoms with Crippen LogP contribution in [0.5, 0.6) is 0 Å². The summed E-state index contributed by atoms with van der Waals surface area (Å²) in [6.45, 7) is 0.293. The van der Waals surface area contributed by atoms with Crippen LogP contribution in [0.15, 0.2) is 22.7 Å². The number of halogens is 1. The van der Waals surface area contributed by atoms with Crippen LogP contribution in [0, 0.1) is 0 Å². The Hall–Kier alpha value is -1.07. The molecule has 0 saturated heterocycles. The molecule has 0 heterocycles. The predicted octanol–water partition coefficient (Wildman–Crippen LogP) is 2.85. The summed E-state index contributed by atoms with van der Waals surface area (Å²) in [5.41, 5.74) is 5.95. The van der Waals surface area contributed by atoms with Gasteiger partial charge in [-0.1, -0.05) is 41.6 Å². The fraction of sp³-hybridized carbons (Fsp3) is 0.533. The molecule has 1 amide bonds. The fourth-order valence-corrected chi connectivity index (χ4v) is 3.02. The highest BCUT2D eigenvalue weighted by Crippen LogP contribution is 2.26. The molecule has 5 heteroatoms. The van der Waals surface area contributed by atoms with Crippen LogP contribution < -0.4 is 11.1 Å². The van der Waals surface area contributed by atoms with Gasteiger partial charge in [-0.05, 0) is 31.0 Å². The van der Waals surface area contributed by atoms with E-state index in [1.807, 2.05) is 0 Å². The smallest absolute Gasteiger partial charge is 0.253 e. The van der Waals surface area contributed by atoms with Crippen LogP contribution in [0.1, 0.15) is 48.9 Å². The number of benzene rings is 1. The third-order valence-corrected chi connectivity index (χ3v) is 4.36. The van der Waals surface area contributed by atoms with Crippen LogP contribution >= 0.6 is 15.9 Å². The number of hydrogen-bond acceptors (Lipinski definition) is 3. The summed E-state index contributed by atoms with van der Waals surface area (Å²) in [4.78, 5) is 12.1. The first-order valence-electron chi connectivity index (χ1n) is 7.06. The zero-order valence-electron chi connectivity index (χ0n) is 11.5. The molecule has 0 aromatic heterocycles. The molecule has 0 bridgehead atoms. The van der Waals surface area contributed by atoms with Gasteiger partial charge in [0.1, 0.15) is 0 Å². The molecule has 1 aliphatic rings. The summed E-state index contributed by atoms with van der Waals surface area (Å²) in [5, 5.41) is 13.3. The maximum Gasteiger partial charge on any atom is 0.253 e. The molecule has 1 aromatic rings. The molecule has 0 atom stereocenters. The Labute approximate surface area is 127 Å². The fourth-order valence-electron chi connectivity index (χ4n) is 2.64. The molecule has 0 spiro atoms. The van der Waals surface area contributed by atoms with Crippen molar-refractivity contribution in [2.24, 2.45) is 0 Å². The van der Waals surface area contributed by atoms with E-state index >= 15 is 0 Å². The SMILES string of the molecule is Nc1cc(Br)ccc1C(=O)NCC1(O)CCCCCC1. The second-order valence-corrected chi connectivity index (χ2v) is 6.47. The molecule has 20 heavy (non-hydrogen) atoms. The Morgan fingerprint density at radius 3 is 2.55 bits per heavy atom. The minimum absolute atomic E-state index is 0.229. The topological polar surface area (TPSA) is 75.4 Å². The van der Waals surface area contributed by atoms with Crippen molar-refractivity contribution in [2.75, 3.05) is 12.3 Å². The highest BCUT2D eigenvalue weighted by molar-refractivity contribution is 9.10. The first-order valence-corrected chi connectivity index (χ1v) is 7.85. The molecule has 1 fully saturated rings. The van der Waals surface area contributed by atoms with Gasteiger partial charge in [0.2, 0.25) is 0 Å². The molecule has 1 saturated carbocycles. The third-order valence-electron chi connectivity index (χ3n) is 3.87. The number of aliphatic hydroxyl groups is 1. The van der Waals surface area contributed by atoms with Crippen molar-refractivity contribution >= 4 is 27.5 Å². The molecule has 0 aliphatic heterocycles. The number of amides is 1. The number of rotatable bonds is 3. The second kappa shape index (κ2) is 6.59. The second-order valence-electron chi connectivity index (χ2n) is 5.55. The molecule has 0 radical (unpaired) electrons. The van der Waals surface area contributed by atoms with E-state index in [1.165, 1.54) is 0 Å². The van der Waals surface area contributed by atoms with Gasteiger partial charge in [0, 0.05) is 16.7 Å². The van der Waals surface area contributed by atoms with Gasteiger partial charge >= 0.3 is 0 Å². The van der Waals surface area contributed by atoms with Crippen molar-refractivity contribution in [3.05, 3.63) is 28.2 Å². The average Bonchev–Trinajstić information content (AvgIpc) is 2.61. The van der Waals surface area contributed by atoms with Crippen molar-refractivity contribution in [3.63, 3.8) is 0 Å². The summed E-state index contributed by atoms with van der Waals surface area (Å²) >= 11 is 3.31. The Balaban J connectivity index is 1.97. The van der Waals surface area contributed by atoms with E-state index in [-0.39, 0.29) is 5.91 Å². The molecule has 2 rings (SSSR count). The number of nitrogen functional groups attached to an aromatic ring is 1. The largest absolute Gasteiger partial charge is 0.398 e. The molecule has 1 aromatic carbocycles. The van der Waals surface area contributed by atoms with Crippen LogP contribution in [0.3, 0.4) is 0 Å². The Morgan fingerprint density at radius 1 is 1.30 bits per heavy atom. The van der Waals surface area contributed by atoms with Crippen LogP contribution in [0.25, 0.3) is 0 Å². The van der Waals surface area contributed by atoms with E-state index in [4.69, 9.17) is 5.73 Å². The van der Waals surface area contributed by atoms with Gasteiger partial charge in [-0.3, -0.25) is 4.79 Å². The summed E-state index contributed by atoms with van der Waals surface area (Å²) < 4.78 is 0.842. The highest BCUT2D eigenvalue weighted by atomic mass is 79.9. The molecule has 1 aliphatic carbocycles. The van der Waals surface area contributed by atoms with Crippen molar-refractivity contribution in [3.8, 4) is 0 Å². The maximum absolute atomic E-state index is 12.1. The molecule has 4 N–H and O–H groups in total. The van der Waals surface area contributed by atoms with Crippen molar-refractivity contribution in [1.82, 2.24) is 5.32 Å². The quantitative estimate of drug-likeness (QED) is 0.585. The van der Waals surface area contributed by atoms with Crippen molar-refractivity contribution < 1.29 is 9.90 Å². The first kappa shape index (κ1) is 15.3. The first-order chi connectivity index (χ1) is 9.50. The standard InChI is InChI=1S/C15H21BrN2O2/c16-11-5-6-12(13(17)9-11)14(19)18-10-15(20)7-3-1-2-4-8-15/h5-6,9,20H,1-4,7-8,10,17H2,(H,18,19). The lowest BCUT2D eigenvalue weighted by atomic mass is 9.94. The minimum Gasteiger partial charge on any atom is -0.398 e. The molecule has 4 nitrogen and oxygen atoms in total. The molecular weight excluding hydrogens is 320 g/mol. The number of hydrogen-bond donors (Lipinski definition) is 3. The van der Waals surface area contributed by atoms with E-state index in [9.17, 15) is 9.90 Å². The minimum atomic E-state index is -0.768. The third kappa shape index (κ3) is 3.96. The number of carbonyl (C=O) groups is 1. The number of nitrogens with two attached hydrogens (primary N) is 1. The van der Waals surface area contributed by atoms with E-state index in [2.05, 4.69) is 21.2 Å². The lowest BCUT2D eigenvalue weighted by Crippen LogP contribution is -2.42. The monoisotopic (exact) mass is 340 g/mol. The average molecular weight is 341 g/mol. The summed E-state index contributed by atoms with van der Waals surface area (Å²) in [6.07, 6.45) is 5.87. The van der Waals surface area contributed by atoms with Crippen LogP contribution in [-0.4, -0.2) is 23.2 Å². The summed E-state index contributed by atoms with van der Waals surface area (Å²) in [7, 11) is 0. The van der Waals surface area contributed by atoms with Gasteiger partial charge in [0.25, 0.3) is 5.91 Å². The number of nitrogens with one attached hydrogen (secondary N) is 1. The van der Waals surface area contributed by atoms with Gasteiger partial charge in [0.05, 0.1) is 11.2 Å². The van der Waals surface area contributed by atoms with E-state index in [0.29, 0.717) is 17.8 Å². The lowest BCUT2D eigenvalue weighted by Gasteiger charge is -2.26. The zero-order valence-corrected chi connectivity index (χ0v) is 13.1.